The number of hydrogen-bond donors (Lipinski definition) is 0. The lowest BCUT2D eigenvalue weighted by Gasteiger charge is -2.26. The van der Waals surface area contributed by atoms with Crippen LogP contribution in [0.3, 0.4) is 0 Å². The van der Waals surface area contributed by atoms with Gasteiger partial charge in [0.2, 0.25) is 0 Å². The number of carboxylic acids is 1. The van der Waals surface area contributed by atoms with Crippen molar-refractivity contribution in [2.75, 3.05) is 47.5 Å². The number of carbonyl (C=O) groups is 3. The van der Waals surface area contributed by atoms with Crippen LogP contribution in [0.4, 0.5) is 0 Å². The van der Waals surface area contributed by atoms with Crippen LogP contribution in [0, 0.1) is 0 Å². The van der Waals surface area contributed by atoms with Crippen molar-refractivity contribution < 1.29 is 42.9 Å². The fourth-order valence-electron chi connectivity index (χ4n) is 12.1. The minimum absolute atomic E-state index is 0.147. The highest BCUT2D eigenvalue weighted by Gasteiger charge is 2.22. The first-order valence-corrected chi connectivity index (χ1v) is 40.6. The van der Waals surface area contributed by atoms with E-state index in [4.69, 9.17) is 18.9 Å². The summed E-state index contributed by atoms with van der Waals surface area (Å²) in [5, 5.41) is 11.9. The van der Waals surface area contributed by atoms with E-state index in [0.717, 1.165) is 77.0 Å². The van der Waals surface area contributed by atoms with Gasteiger partial charge in [0.15, 0.2) is 12.4 Å². The van der Waals surface area contributed by atoms with Crippen LogP contribution in [-0.2, 0) is 33.3 Å². The molecule has 548 valence electrons. The molecule has 9 heteroatoms. The van der Waals surface area contributed by atoms with Gasteiger partial charge in [0, 0.05) is 12.8 Å². The van der Waals surface area contributed by atoms with E-state index < -0.39 is 24.3 Å². The summed E-state index contributed by atoms with van der Waals surface area (Å²) in [4.78, 5) is 37.6. The van der Waals surface area contributed by atoms with Crippen molar-refractivity contribution in [1.82, 2.24) is 0 Å². The topological polar surface area (TPSA) is 111 Å². The molecule has 0 bridgehead atoms. The Morgan fingerprint density at radius 3 is 0.904 bits per heavy atom. The highest BCUT2D eigenvalue weighted by Crippen LogP contribution is 2.20. The number of quaternary nitrogens is 1. The zero-order valence-corrected chi connectivity index (χ0v) is 62.8. The largest absolute Gasteiger partial charge is 0.545 e. The molecule has 0 aliphatic heterocycles. The molecule has 0 saturated heterocycles. The Hall–Kier alpha value is -3.27. The quantitative estimate of drug-likeness (QED) is 0.0195. The molecule has 0 amide bonds. The lowest BCUT2D eigenvalue weighted by molar-refractivity contribution is -0.870. The average Bonchev–Trinajstić information content (AvgIpc) is 3.76. The van der Waals surface area contributed by atoms with Gasteiger partial charge in [-0.15, -0.1) is 0 Å². The summed E-state index contributed by atoms with van der Waals surface area (Å²) in [6.45, 7) is 4.69. The number of aliphatic carboxylic acids is 1. The number of hydrogen-bond acceptors (Lipinski definition) is 8. The van der Waals surface area contributed by atoms with Crippen molar-refractivity contribution in [1.29, 1.82) is 0 Å². The summed E-state index contributed by atoms with van der Waals surface area (Å²) in [6.07, 6.45) is 99.0. The maximum Gasteiger partial charge on any atom is 0.306 e. The Morgan fingerprint density at radius 1 is 0.330 bits per heavy atom. The van der Waals surface area contributed by atoms with Crippen molar-refractivity contribution >= 4 is 17.9 Å². The number of likely N-dealkylation sites (N-methyl/N-ethyl adjacent to an activating group) is 1. The second-order valence-electron chi connectivity index (χ2n) is 28.7. The number of ether oxygens (including phenoxy) is 4. The molecule has 0 aliphatic rings. The molecule has 0 aliphatic carbocycles. The van der Waals surface area contributed by atoms with Crippen LogP contribution in [-0.4, -0.2) is 82.3 Å². The maximum absolute atomic E-state index is 13.0. The fraction of sp³-hybridized carbons (Fsp3) is 0.824. The third-order valence-electron chi connectivity index (χ3n) is 18.2. The standard InChI is InChI=1S/C85H155NO8/c1-6-8-10-12-14-16-18-20-22-24-26-28-30-32-34-36-38-39-40-41-42-43-44-46-47-49-51-53-55-57-59-61-63-65-67-69-71-73-75-82(87)92-79-81(80-93-85(84(89)90)91-78-77-86(3,4)5)94-83(88)76-74-72-70-68-66-64-62-60-58-56-54-52-50-48-45-37-35-33-31-29-27-25-23-21-19-17-15-13-11-9-7-2/h9,11,15,17,21,23,27,29,33,35,45,48,81,85H,6-8,10,12-14,16,18-20,22,24-26,28,30-32,34,36-44,46-47,49-80H2,1-5H3/b11-9-,17-15-,23-21-,29-27-,35-33-,48-45-. The Labute approximate surface area is 583 Å². The molecule has 0 aromatic heterocycles. The van der Waals surface area contributed by atoms with Crippen molar-refractivity contribution in [3.63, 3.8) is 0 Å². The van der Waals surface area contributed by atoms with Gasteiger partial charge in [-0.3, -0.25) is 9.59 Å². The summed E-state index contributed by atoms with van der Waals surface area (Å²) in [6, 6.07) is 0. The Bertz CT molecular complexity index is 1780. The van der Waals surface area contributed by atoms with Crippen molar-refractivity contribution in [3.05, 3.63) is 72.9 Å². The van der Waals surface area contributed by atoms with E-state index >= 15 is 0 Å². The number of carbonyl (C=O) groups excluding carboxylic acids is 3. The minimum Gasteiger partial charge on any atom is -0.545 e. The number of carboxylic acid groups (broad SMARTS) is 1. The molecule has 2 atom stereocenters. The molecule has 0 N–H and O–H groups in total. The smallest absolute Gasteiger partial charge is 0.306 e. The second-order valence-corrected chi connectivity index (χ2v) is 28.7. The Morgan fingerprint density at radius 2 is 0.606 bits per heavy atom. The molecule has 0 spiro atoms. The SMILES string of the molecule is CC/C=C\C/C=C\C/C=C\C/C=C\C/C=C\C/C=C\CCCCCCCCCCCCCCC(=O)OC(COC(=O)CCCCCCCCCCCCCCCCCCCCCCCCCCCCCCCCCCCCCCCC)COC(OCC[N+](C)(C)C)C(=O)[O-]. The van der Waals surface area contributed by atoms with E-state index in [0.29, 0.717) is 23.9 Å². The van der Waals surface area contributed by atoms with Gasteiger partial charge in [0.1, 0.15) is 13.2 Å². The van der Waals surface area contributed by atoms with Crippen LogP contribution in [0.5, 0.6) is 0 Å². The lowest BCUT2D eigenvalue weighted by Crippen LogP contribution is -2.44. The van der Waals surface area contributed by atoms with Crippen molar-refractivity contribution in [2.24, 2.45) is 0 Å². The first-order valence-electron chi connectivity index (χ1n) is 40.6. The van der Waals surface area contributed by atoms with Gasteiger partial charge in [-0.1, -0.05) is 389 Å². The summed E-state index contributed by atoms with van der Waals surface area (Å²) >= 11 is 0. The van der Waals surface area contributed by atoms with E-state index in [9.17, 15) is 19.5 Å². The third-order valence-corrected chi connectivity index (χ3v) is 18.2. The number of rotatable bonds is 76. The molecule has 2 unspecified atom stereocenters. The molecule has 0 rings (SSSR count). The van der Waals surface area contributed by atoms with Crippen LogP contribution < -0.4 is 5.11 Å². The fourth-order valence-corrected chi connectivity index (χ4v) is 12.1. The lowest BCUT2D eigenvalue weighted by atomic mass is 10.0. The van der Waals surface area contributed by atoms with Gasteiger partial charge in [-0.2, -0.15) is 0 Å². The van der Waals surface area contributed by atoms with E-state index in [1.165, 1.54) is 283 Å². The molecular weight excluding hydrogens is 1160 g/mol. The van der Waals surface area contributed by atoms with Gasteiger partial charge in [-0.05, 0) is 64.2 Å². The highest BCUT2D eigenvalue weighted by atomic mass is 16.7. The molecule has 0 aromatic carbocycles. The van der Waals surface area contributed by atoms with Gasteiger partial charge >= 0.3 is 11.9 Å². The maximum atomic E-state index is 13.0. The van der Waals surface area contributed by atoms with Crippen LogP contribution in [0.1, 0.15) is 393 Å². The summed E-state index contributed by atoms with van der Waals surface area (Å²) in [5.74, 6) is -2.26. The second kappa shape index (κ2) is 75.5. The minimum atomic E-state index is -1.62. The van der Waals surface area contributed by atoms with Crippen LogP contribution in [0.2, 0.25) is 0 Å². The van der Waals surface area contributed by atoms with Crippen LogP contribution in [0.25, 0.3) is 0 Å². The first kappa shape index (κ1) is 90.7. The van der Waals surface area contributed by atoms with Crippen molar-refractivity contribution in [2.45, 2.75) is 405 Å². The average molecular weight is 1320 g/mol. The predicted molar refractivity (Wildman–Crippen MR) is 403 cm³/mol. The predicted octanol–water partition coefficient (Wildman–Crippen LogP) is 24.6. The Balaban J connectivity index is 3.98. The molecule has 9 nitrogen and oxygen atoms in total. The number of esters is 2. The molecular formula is C85H155NO8. The summed E-state index contributed by atoms with van der Waals surface area (Å²) < 4.78 is 22.9. The highest BCUT2D eigenvalue weighted by molar-refractivity contribution is 5.70. The molecule has 94 heavy (non-hydrogen) atoms. The Kier molecular flexibility index (Phi) is 72.9. The monoisotopic (exact) mass is 1320 g/mol. The van der Waals surface area contributed by atoms with Gasteiger partial charge < -0.3 is 33.3 Å². The van der Waals surface area contributed by atoms with Crippen molar-refractivity contribution in [3.8, 4) is 0 Å². The van der Waals surface area contributed by atoms with Gasteiger partial charge in [0.05, 0.1) is 40.3 Å². The van der Waals surface area contributed by atoms with Crippen LogP contribution >= 0.6 is 0 Å². The van der Waals surface area contributed by atoms with Gasteiger partial charge in [-0.25, -0.2) is 0 Å². The summed E-state index contributed by atoms with van der Waals surface area (Å²) in [7, 11) is 5.94. The molecule has 0 radical (unpaired) electrons. The van der Waals surface area contributed by atoms with Gasteiger partial charge in [0.25, 0.3) is 0 Å². The van der Waals surface area contributed by atoms with E-state index in [2.05, 4.69) is 86.8 Å². The molecule has 0 fully saturated rings. The molecule has 0 heterocycles. The van der Waals surface area contributed by atoms with E-state index in [1.54, 1.807) is 0 Å². The normalized spacial score (nSPS) is 13.0. The number of nitrogens with zero attached hydrogens (tertiary/aromatic N) is 1. The molecule has 0 aromatic rings. The first-order chi connectivity index (χ1) is 46.1. The van der Waals surface area contributed by atoms with E-state index in [-0.39, 0.29) is 32.2 Å². The van der Waals surface area contributed by atoms with Crippen LogP contribution in [0.15, 0.2) is 72.9 Å². The third kappa shape index (κ3) is 76.1. The summed E-state index contributed by atoms with van der Waals surface area (Å²) in [5.41, 5.74) is 0. The zero-order valence-electron chi connectivity index (χ0n) is 62.8. The molecule has 0 saturated carbocycles. The van der Waals surface area contributed by atoms with E-state index in [1.807, 2.05) is 21.1 Å². The number of allylic oxidation sites excluding steroid dienone is 12. The zero-order chi connectivity index (χ0) is 68.2. The number of unbranched alkanes of at least 4 members (excludes halogenated alkanes) is 49.